The zero-order chi connectivity index (χ0) is 16.7. The number of methoxy groups -OCH3 is 1. The summed E-state index contributed by atoms with van der Waals surface area (Å²) in [5.74, 6) is -0.722. The number of rotatable bonds is 7. The van der Waals surface area contributed by atoms with Crippen LogP contribution >= 0.6 is 0 Å². The summed E-state index contributed by atoms with van der Waals surface area (Å²) >= 11 is 0. The van der Waals surface area contributed by atoms with Gasteiger partial charge in [-0.25, -0.2) is 4.79 Å². The van der Waals surface area contributed by atoms with E-state index in [1.807, 2.05) is 32.9 Å². The first kappa shape index (κ1) is 18.2. The van der Waals surface area contributed by atoms with E-state index in [9.17, 15) is 14.7 Å². The largest absolute Gasteiger partial charge is 0.467 e. The fraction of sp³-hybridized carbons (Fsp3) is 0.529. The van der Waals surface area contributed by atoms with E-state index in [-0.39, 0.29) is 11.8 Å². The maximum absolute atomic E-state index is 12.7. The number of carbonyl (C=O) groups is 2. The van der Waals surface area contributed by atoms with Gasteiger partial charge in [-0.1, -0.05) is 32.9 Å². The minimum absolute atomic E-state index is 0.164. The molecule has 0 radical (unpaired) electrons. The van der Waals surface area contributed by atoms with Gasteiger partial charge in [0.1, 0.15) is 0 Å². The molecule has 0 aliphatic heterocycles. The third-order valence-corrected chi connectivity index (χ3v) is 3.45. The molecule has 1 atom stereocenters. The highest BCUT2D eigenvalue weighted by Crippen LogP contribution is 2.14. The van der Waals surface area contributed by atoms with Crippen molar-refractivity contribution in [1.82, 2.24) is 4.90 Å². The van der Waals surface area contributed by atoms with Crippen LogP contribution in [0, 0.1) is 5.92 Å². The highest BCUT2D eigenvalue weighted by atomic mass is 16.5. The van der Waals surface area contributed by atoms with Gasteiger partial charge < -0.3 is 14.7 Å². The summed E-state index contributed by atoms with van der Waals surface area (Å²) < 4.78 is 4.70. The smallest absolute Gasteiger partial charge is 0.331 e. The molecule has 5 heteroatoms. The monoisotopic (exact) mass is 307 g/mol. The molecule has 5 nitrogen and oxygen atoms in total. The van der Waals surface area contributed by atoms with Crippen molar-refractivity contribution in [3.05, 3.63) is 35.4 Å². The average molecular weight is 307 g/mol. The van der Waals surface area contributed by atoms with Gasteiger partial charge in [0.15, 0.2) is 6.04 Å². The summed E-state index contributed by atoms with van der Waals surface area (Å²) in [6.45, 7) is 5.85. The van der Waals surface area contributed by atoms with Gasteiger partial charge in [-0.15, -0.1) is 0 Å². The highest BCUT2D eigenvalue weighted by molar-refractivity contribution is 5.96. The van der Waals surface area contributed by atoms with Gasteiger partial charge in [-0.3, -0.25) is 4.79 Å². The number of aryl methyl sites for hydroxylation is 1. The van der Waals surface area contributed by atoms with Crippen LogP contribution in [0.2, 0.25) is 0 Å². The summed E-state index contributed by atoms with van der Waals surface area (Å²) in [7, 11) is 1.25. The Morgan fingerprint density at radius 2 is 1.82 bits per heavy atom. The van der Waals surface area contributed by atoms with Crippen molar-refractivity contribution in [2.75, 3.05) is 20.3 Å². The second-order valence-electron chi connectivity index (χ2n) is 5.62. The minimum Gasteiger partial charge on any atom is -0.467 e. The number of nitrogens with zero attached hydrogens (tertiary/aromatic N) is 1. The fourth-order valence-electron chi connectivity index (χ4n) is 2.23. The predicted molar refractivity (Wildman–Crippen MR) is 84.6 cm³/mol. The van der Waals surface area contributed by atoms with Crippen LogP contribution in [0.25, 0.3) is 0 Å². The Balaban J connectivity index is 3.07. The topological polar surface area (TPSA) is 66.8 Å². The molecular formula is C17H25NO4. The zero-order valence-corrected chi connectivity index (χ0v) is 13.7. The highest BCUT2D eigenvalue weighted by Gasteiger charge is 2.31. The van der Waals surface area contributed by atoms with E-state index >= 15 is 0 Å². The lowest BCUT2D eigenvalue weighted by Gasteiger charge is -2.30. The number of hydrogen-bond donors (Lipinski definition) is 1. The zero-order valence-electron chi connectivity index (χ0n) is 13.7. The number of aliphatic hydroxyl groups excluding tert-OH is 1. The van der Waals surface area contributed by atoms with Crippen molar-refractivity contribution in [2.24, 2.45) is 5.92 Å². The number of hydrogen-bond acceptors (Lipinski definition) is 4. The lowest BCUT2D eigenvalue weighted by atomic mass is 10.1. The number of esters is 1. The third kappa shape index (κ3) is 4.56. The summed E-state index contributed by atoms with van der Waals surface area (Å²) in [5.41, 5.74) is 1.64. The van der Waals surface area contributed by atoms with Crippen LogP contribution in [0.5, 0.6) is 0 Å². The Labute approximate surface area is 131 Å². The standard InChI is InChI=1S/C17H25NO4/c1-5-13-6-8-14(9-7-13)16(20)18(10-12(2)3)15(11-19)17(21)22-4/h6-9,12,15,19H,5,10-11H2,1-4H3. The van der Waals surface area contributed by atoms with Gasteiger partial charge in [0.05, 0.1) is 13.7 Å². The molecule has 0 saturated heterocycles. The molecule has 0 fully saturated rings. The van der Waals surface area contributed by atoms with Crippen molar-refractivity contribution < 1.29 is 19.4 Å². The maximum atomic E-state index is 12.7. The minimum atomic E-state index is -0.981. The molecule has 0 aliphatic carbocycles. The van der Waals surface area contributed by atoms with Crippen LogP contribution in [0.15, 0.2) is 24.3 Å². The maximum Gasteiger partial charge on any atom is 0.331 e. The van der Waals surface area contributed by atoms with Crippen LogP contribution in [0.3, 0.4) is 0 Å². The van der Waals surface area contributed by atoms with Crippen LogP contribution in [0.1, 0.15) is 36.7 Å². The molecule has 122 valence electrons. The number of ether oxygens (including phenoxy) is 1. The van der Waals surface area contributed by atoms with Gasteiger partial charge in [0, 0.05) is 12.1 Å². The first-order chi connectivity index (χ1) is 10.4. The average Bonchev–Trinajstić information content (AvgIpc) is 2.53. The Morgan fingerprint density at radius 3 is 2.23 bits per heavy atom. The second kappa shape index (κ2) is 8.54. The van der Waals surface area contributed by atoms with Gasteiger partial charge in [-0.2, -0.15) is 0 Å². The number of amides is 1. The predicted octanol–water partition coefficient (Wildman–Crippen LogP) is 1.88. The van der Waals surface area contributed by atoms with Crippen LogP contribution in [-0.4, -0.2) is 48.2 Å². The molecule has 0 spiro atoms. The normalized spacial score (nSPS) is 12.1. The van der Waals surface area contributed by atoms with Crippen LogP contribution in [0.4, 0.5) is 0 Å². The van der Waals surface area contributed by atoms with Crippen molar-refractivity contribution in [1.29, 1.82) is 0 Å². The number of benzene rings is 1. The first-order valence-corrected chi connectivity index (χ1v) is 7.53. The van der Waals surface area contributed by atoms with E-state index < -0.39 is 18.6 Å². The lowest BCUT2D eigenvalue weighted by molar-refractivity contribution is -0.147. The fourth-order valence-corrected chi connectivity index (χ4v) is 2.23. The molecule has 1 aromatic carbocycles. The Kier molecular flexibility index (Phi) is 7.05. The van der Waals surface area contributed by atoms with Crippen molar-refractivity contribution in [3.8, 4) is 0 Å². The summed E-state index contributed by atoms with van der Waals surface area (Å²) in [4.78, 5) is 25.9. The molecule has 1 unspecified atom stereocenters. The Hall–Kier alpha value is -1.88. The molecule has 1 rings (SSSR count). The SMILES string of the molecule is CCc1ccc(C(=O)N(CC(C)C)C(CO)C(=O)OC)cc1. The van der Waals surface area contributed by atoms with E-state index in [2.05, 4.69) is 0 Å². The van der Waals surface area contributed by atoms with Gasteiger partial charge in [0.25, 0.3) is 5.91 Å². The van der Waals surface area contributed by atoms with E-state index in [0.29, 0.717) is 12.1 Å². The Bertz CT molecular complexity index is 496. The van der Waals surface area contributed by atoms with E-state index in [1.165, 1.54) is 12.0 Å². The van der Waals surface area contributed by atoms with Crippen molar-refractivity contribution in [2.45, 2.75) is 33.2 Å². The van der Waals surface area contributed by atoms with Crippen molar-refractivity contribution >= 4 is 11.9 Å². The van der Waals surface area contributed by atoms with Crippen LogP contribution < -0.4 is 0 Å². The summed E-state index contributed by atoms with van der Waals surface area (Å²) in [6, 6.07) is 6.31. The molecule has 1 amide bonds. The Morgan fingerprint density at radius 1 is 1.23 bits per heavy atom. The van der Waals surface area contributed by atoms with Crippen molar-refractivity contribution in [3.63, 3.8) is 0 Å². The molecule has 0 aromatic heterocycles. The molecule has 0 heterocycles. The van der Waals surface area contributed by atoms with Gasteiger partial charge >= 0.3 is 5.97 Å². The molecule has 0 bridgehead atoms. The third-order valence-electron chi connectivity index (χ3n) is 3.45. The van der Waals surface area contributed by atoms with E-state index in [1.54, 1.807) is 12.1 Å². The first-order valence-electron chi connectivity index (χ1n) is 7.53. The summed E-state index contributed by atoms with van der Waals surface area (Å²) in [5, 5.41) is 9.49. The van der Waals surface area contributed by atoms with Gasteiger partial charge in [-0.05, 0) is 30.0 Å². The molecule has 0 aliphatic rings. The number of aliphatic hydroxyl groups is 1. The lowest BCUT2D eigenvalue weighted by Crippen LogP contribution is -2.49. The summed E-state index contributed by atoms with van der Waals surface area (Å²) in [6.07, 6.45) is 0.894. The molecule has 0 saturated carbocycles. The number of carbonyl (C=O) groups excluding carboxylic acids is 2. The second-order valence-corrected chi connectivity index (χ2v) is 5.62. The van der Waals surface area contributed by atoms with E-state index in [4.69, 9.17) is 4.74 Å². The van der Waals surface area contributed by atoms with E-state index in [0.717, 1.165) is 12.0 Å². The molecule has 1 N–H and O–H groups in total. The van der Waals surface area contributed by atoms with Gasteiger partial charge in [0.2, 0.25) is 0 Å². The molecule has 22 heavy (non-hydrogen) atoms. The van der Waals surface area contributed by atoms with Crippen LogP contribution in [-0.2, 0) is 16.0 Å². The molecular weight excluding hydrogens is 282 g/mol. The molecule has 1 aromatic rings. The quantitative estimate of drug-likeness (QED) is 0.781.